The summed E-state index contributed by atoms with van der Waals surface area (Å²) < 4.78 is 0.911. The van der Waals surface area contributed by atoms with Crippen molar-refractivity contribution in [3.63, 3.8) is 0 Å². The third-order valence-corrected chi connectivity index (χ3v) is 7.68. The van der Waals surface area contributed by atoms with E-state index in [1.807, 2.05) is 26.0 Å². The highest BCUT2D eigenvalue weighted by atomic mass is 79.9. The first-order chi connectivity index (χ1) is 19.1. The number of halogens is 2. The number of hydrogen-bond acceptors (Lipinski definition) is 5. The number of aryl methyl sites for hydroxylation is 2. The molecule has 2 aliphatic heterocycles. The minimum Gasteiger partial charge on any atom is -0.336 e. The molecule has 1 saturated heterocycles. The third-order valence-electron chi connectivity index (χ3n) is 6.92. The van der Waals surface area contributed by atoms with Crippen molar-refractivity contribution in [2.24, 2.45) is 0 Å². The first-order valence-electron chi connectivity index (χ1n) is 12.5. The van der Waals surface area contributed by atoms with E-state index >= 15 is 0 Å². The summed E-state index contributed by atoms with van der Waals surface area (Å²) in [7, 11) is 0. The summed E-state index contributed by atoms with van der Waals surface area (Å²) >= 11 is 9.84. The van der Waals surface area contributed by atoms with E-state index in [-0.39, 0.29) is 33.4 Å². The van der Waals surface area contributed by atoms with Gasteiger partial charge in [0.15, 0.2) is 0 Å². The Kier molecular flexibility index (Phi) is 7.48. The molecule has 2 N–H and O–H groups in total. The molecule has 3 aromatic rings. The number of benzene rings is 3. The average molecular weight is 624 g/mol. The normalized spacial score (nSPS) is 16.7. The van der Waals surface area contributed by atoms with Crippen LogP contribution >= 0.6 is 27.5 Å². The summed E-state index contributed by atoms with van der Waals surface area (Å²) in [6, 6.07) is 13.7. The number of hydrogen-bond donors (Lipinski definition) is 2. The van der Waals surface area contributed by atoms with Gasteiger partial charge in [0.1, 0.15) is 6.04 Å². The summed E-state index contributed by atoms with van der Waals surface area (Å²) in [5, 5.41) is 5.04. The molecule has 0 aliphatic carbocycles. The van der Waals surface area contributed by atoms with Gasteiger partial charge in [-0.1, -0.05) is 39.7 Å². The highest BCUT2D eigenvalue weighted by Crippen LogP contribution is 2.35. The highest BCUT2D eigenvalue weighted by Gasteiger charge is 2.37. The number of piperidine rings is 1. The van der Waals surface area contributed by atoms with E-state index < -0.39 is 29.7 Å². The van der Waals surface area contributed by atoms with Crippen molar-refractivity contribution in [3.8, 4) is 0 Å². The Bertz CT molecular complexity index is 1550. The molecule has 0 spiro atoms. The molecule has 2 aliphatic rings. The lowest BCUT2D eigenvalue weighted by molar-refractivity contribution is -0.138. The van der Waals surface area contributed by atoms with Crippen LogP contribution < -0.4 is 20.4 Å². The predicted octanol–water partition coefficient (Wildman–Crippen LogP) is 4.77. The Labute approximate surface area is 243 Å². The van der Waals surface area contributed by atoms with Crippen molar-refractivity contribution < 1.29 is 24.0 Å². The zero-order valence-electron chi connectivity index (χ0n) is 21.6. The molecule has 0 radical (unpaired) electrons. The number of carbonyl (C=O) groups excluding carboxylic acids is 5. The van der Waals surface area contributed by atoms with Crippen LogP contribution in [0.15, 0.2) is 59.1 Å². The number of amides is 5. The second-order valence-corrected chi connectivity index (χ2v) is 11.0. The van der Waals surface area contributed by atoms with E-state index in [4.69, 9.17) is 11.6 Å². The molecule has 40 heavy (non-hydrogen) atoms. The van der Waals surface area contributed by atoms with Crippen LogP contribution in [-0.4, -0.2) is 42.1 Å². The maximum absolute atomic E-state index is 13.3. The van der Waals surface area contributed by atoms with Crippen LogP contribution in [0, 0.1) is 13.8 Å². The van der Waals surface area contributed by atoms with Crippen LogP contribution in [-0.2, 0) is 14.4 Å². The van der Waals surface area contributed by atoms with E-state index in [0.29, 0.717) is 19.4 Å². The van der Waals surface area contributed by atoms with Crippen LogP contribution in [0.2, 0.25) is 5.02 Å². The minimum absolute atomic E-state index is 0.0334. The Hall–Kier alpha value is -4.02. The lowest BCUT2D eigenvalue weighted by Gasteiger charge is -2.34. The lowest BCUT2D eigenvalue weighted by atomic mass is 10.0. The summed E-state index contributed by atoms with van der Waals surface area (Å²) in [5.41, 5.74) is 3.53. The fourth-order valence-corrected chi connectivity index (χ4v) is 6.10. The zero-order chi connectivity index (χ0) is 28.7. The summed E-state index contributed by atoms with van der Waals surface area (Å²) in [4.78, 5) is 66.9. The molecule has 0 saturated carbocycles. The Morgan fingerprint density at radius 1 is 0.925 bits per heavy atom. The van der Waals surface area contributed by atoms with E-state index in [0.717, 1.165) is 26.2 Å². The third kappa shape index (κ3) is 5.00. The standard InChI is InChI=1S/C29H24BrClN4O5/c1-15-12-17(30)13-16(2)24(15)34-11-5-8-22(29(34)40)33-26(37)25(36)32-18-9-10-23(21(31)14-18)35-27(38)19-6-3-4-7-20(19)28(35)39/h3-4,6-7,9-10,12-14,22H,5,8,11H2,1-2H3,(H,32,36)(H,33,37). The molecule has 5 rings (SSSR count). The second kappa shape index (κ2) is 10.9. The van der Waals surface area contributed by atoms with Crippen LogP contribution in [0.5, 0.6) is 0 Å². The lowest BCUT2D eigenvalue weighted by Crippen LogP contribution is -2.54. The number of nitrogens with zero attached hydrogens (tertiary/aromatic N) is 2. The SMILES string of the molecule is Cc1cc(Br)cc(C)c1N1CCCC(NC(=O)C(=O)Nc2ccc(N3C(=O)c4ccccc4C3=O)c(Cl)c2)C1=O. The maximum atomic E-state index is 13.3. The van der Waals surface area contributed by atoms with Gasteiger partial charge in [0.05, 0.1) is 21.8 Å². The molecule has 0 aromatic heterocycles. The highest BCUT2D eigenvalue weighted by molar-refractivity contribution is 9.10. The number of anilines is 3. The first-order valence-corrected chi connectivity index (χ1v) is 13.7. The molecule has 3 aromatic carbocycles. The topological polar surface area (TPSA) is 116 Å². The van der Waals surface area contributed by atoms with E-state index in [1.54, 1.807) is 29.2 Å². The summed E-state index contributed by atoms with van der Waals surface area (Å²) in [6.07, 6.45) is 1.06. The number of nitrogens with one attached hydrogen (secondary N) is 2. The quantitative estimate of drug-likeness (QED) is 0.321. The maximum Gasteiger partial charge on any atom is 0.313 e. The van der Waals surface area contributed by atoms with Gasteiger partial charge in [-0.2, -0.15) is 0 Å². The van der Waals surface area contributed by atoms with E-state index in [9.17, 15) is 24.0 Å². The Morgan fingerprint density at radius 2 is 1.55 bits per heavy atom. The van der Waals surface area contributed by atoms with Gasteiger partial charge in [-0.05, 0) is 80.3 Å². The van der Waals surface area contributed by atoms with Crippen molar-refractivity contribution >= 4 is 74.1 Å². The largest absolute Gasteiger partial charge is 0.336 e. The first kappa shape index (κ1) is 27.5. The number of rotatable bonds is 4. The Balaban J connectivity index is 1.26. The van der Waals surface area contributed by atoms with Gasteiger partial charge in [-0.15, -0.1) is 0 Å². The van der Waals surface area contributed by atoms with E-state index in [1.165, 1.54) is 18.2 Å². The molecule has 0 bridgehead atoms. The molecule has 9 nitrogen and oxygen atoms in total. The van der Waals surface area contributed by atoms with E-state index in [2.05, 4.69) is 26.6 Å². The fourth-order valence-electron chi connectivity index (χ4n) is 5.15. The van der Waals surface area contributed by atoms with Crippen molar-refractivity contribution in [2.75, 3.05) is 21.7 Å². The van der Waals surface area contributed by atoms with Crippen molar-refractivity contribution in [1.29, 1.82) is 0 Å². The van der Waals surface area contributed by atoms with Gasteiger partial charge in [0.2, 0.25) is 5.91 Å². The average Bonchev–Trinajstić information content (AvgIpc) is 3.15. The molecule has 11 heteroatoms. The van der Waals surface area contributed by atoms with Gasteiger partial charge in [0.25, 0.3) is 11.8 Å². The van der Waals surface area contributed by atoms with Gasteiger partial charge < -0.3 is 15.5 Å². The molecular weight excluding hydrogens is 600 g/mol. The predicted molar refractivity (Wildman–Crippen MR) is 155 cm³/mol. The zero-order valence-corrected chi connectivity index (χ0v) is 23.9. The Morgan fingerprint density at radius 3 is 2.15 bits per heavy atom. The minimum atomic E-state index is -0.981. The van der Waals surface area contributed by atoms with Gasteiger partial charge in [-0.3, -0.25) is 24.0 Å². The monoisotopic (exact) mass is 622 g/mol. The van der Waals surface area contributed by atoms with Crippen molar-refractivity contribution in [1.82, 2.24) is 5.32 Å². The molecule has 1 unspecified atom stereocenters. The van der Waals surface area contributed by atoms with Crippen LogP contribution in [0.4, 0.5) is 17.1 Å². The molecule has 1 fully saturated rings. The van der Waals surface area contributed by atoms with Crippen LogP contribution in [0.3, 0.4) is 0 Å². The van der Waals surface area contributed by atoms with Gasteiger partial charge >= 0.3 is 11.8 Å². The van der Waals surface area contributed by atoms with Crippen LogP contribution in [0.1, 0.15) is 44.7 Å². The molecular formula is C29H24BrClN4O5. The van der Waals surface area contributed by atoms with Gasteiger partial charge in [-0.25, -0.2) is 4.90 Å². The molecule has 2 heterocycles. The smallest absolute Gasteiger partial charge is 0.313 e. The van der Waals surface area contributed by atoms with Crippen molar-refractivity contribution in [2.45, 2.75) is 32.7 Å². The van der Waals surface area contributed by atoms with Gasteiger partial charge in [0, 0.05) is 22.4 Å². The number of fused-ring (bicyclic) bond motifs is 1. The molecule has 5 amide bonds. The molecule has 204 valence electrons. The fraction of sp³-hybridized carbons (Fsp3) is 0.207. The second-order valence-electron chi connectivity index (χ2n) is 9.66. The van der Waals surface area contributed by atoms with Crippen molar-refractivity contribution in [3.05, 3.63) is 86.3 Å². The summed E-state index contributed by atoms with van der Waals surface area (Å²) in [5.74, 6) is -3.23. The number of carbonyl (C=O) groups is 5. The van der Waals surface area contributed by atoms with Crippen LogP contribution in [0.25, 0.3) is 0 Å². The number of imide groups is 1. The molecule has 1 atom stereocenters. The summed E-state index contributed by atoms with van der Waals surface area (Å²) in [6.45, 7) is 4.35.